The van der Waals surface area contributed by atoms with Gasteiger partial charge in [-0.15, -0.1) is 0 Å². The molecule has 1 unspecified atom stereocenters. The minimum absolute atomic E-state index is 0.0128. The van der Waals surface area contributed by atoms with Crippen molar-refractivity contribution < 1.29 is 9.59 Å². The van der Waals surface area contributed by atoms with Crippen molar-refractivity contribution in [2.45, 2.75) is 13.3 Å². The normalized spacial score (nSPS) is 12.5. The van der Waals surface area contributed by atoms with Crippen LogP contribution < -0.4 is 5.32 Å². The average Bonchev–Trinajstić information content (AvgIpc) is 1.87. The fourth-order valence-corrected chi connectivity index (χ4v) is 0.711. The van der Waals surface area contributed by atoms with Crippen LogP contribution in [0.4, 0.5) is 0 Å². The molecular formula is C7H12BNO2. The molecule has 11 heavy (non-hydrogen) atoms. The van der Waals surface area contributed by atoms with Crippen LogP contribution in [0.1, 0.15) is 13.3 Å². The van der Waals surface area contributed by atoms with Crippen LogP contribution in [0.2, 0.25) is 0 Å². The lowest BCUT2D eigenvalue weighted by molar-refractivity contribution is -0.123. The summed E-state index contributed by atoms with van der Waals surface area (Å²) in [6, 6.07) is 0. The van der Waals surface area contributed by atoms with Crippen LogP contribution >= 0.6 is 0 Å². The second-order valence-electron chi connectivity index (χ2n) is 2.58. The zero-order chi connectivity index (χ0) is 8.85. The summed E-state index contributed by atoms with van der Waals surface area (Å²) in [6.45, 7) is 1.95. The number of hydrogen-bond donors (Lipinski definition) is 1. The van der Waals surface area contributed by atoms with Crippen molar-refractivity contribution in [3.05, 3.63) is 0 Å². The monoisotopic (exact) mass is 153 g/mol. The zero-order valence-corrected chi connectivity index (χ0v) is 6.89. The van der Waals surface area contributed by atoms with Crippen LogP contribution in [0.5, 0.6) is 0 Å². The predicted octanol–water partition coefficient (Wildman–Crippen LogP) is -0.504. The fourth-order valence-electron chi connectivity index (χ4n) is 0.711. The van der Waals surface area contributed by atoms with E-state index >= 15 is 0 Å². The molecule has 0 spiro atoms. The lowest BCUT2D eigenvalue weighted by Gasteiger charge is -2.05. The van der Waals surface area contributed by atoms with Gasteiger partial charge >= 0.3 is 0 Å². The van der Waals surface area contributed by atoms with Gasteiger partial charge < -0.3 is 10.1 Å². The Kier molecular flexibility index (Phi) is 4.78. The molecule has 2 radical (unpaired) electrons. The zero-order valence-electron chi connectivity index (χ0n) is 6.89. The number of ketones is 1. The highest BCUT2D eigenvalue weighted by Gasteiger charge is 2.11. The van der Waals surface area contributed by atoms with E-state index in [2.05, 4.69) is 5.32 Å². The van der Waals surface area contributed by atoms with Gasteiger partial charge in [-0.1, -0.05) is 6.92 Å². The van der Waals surface area contributed by atoms with E-state index in [0.29, 0.717) is 6.54 Å². The van der Waals surface area contributed by atoms with Crippen LogP contribution in [0, 0.1) is 5.92 Å². The maximum Gasteiger partial charge on any atom is 0.168 e. The lowest BCUT2D eigenvalue weighted by atomic mass is 9.87. The summed E-state index contributed by atoms with van der Waals surface area (Å²) >= 11 is 0. The molecule has 60 valence electrons. The first-order valence-electron chi connectivity index (χ1n) is 3.53. The number of likely N-dealkylation sites (N-methyl/N-ethyl adjacent to an activating group) is 1. The topological polar surface area (TPSA) is 46.2 Å². The Balaban J connectivity index is 3.66. The fraction of sp³-hybridized carbons (Fsp3) is 0.714. The summed E-state index contributed by atoms with van der Waals surface area (Å²) in [7, 11) is 6.66. The maximum absolute atomic E-state index is 10.9. The molecule has 0 heterocycles. The van der Waals surface area contributed by atoms with Crippen molar-refractivity contribution in [1.29, 1.82) is 0 Å². The quantitative estimate of drug-likeness (QED) is 0.541. The van der Waals surface area contributed by atoms with Crippen molar-refractivity contribution in [2.75, 3.05) is 13.6 Å². The minimum Gasteiger partial charge on any atom is -0.313 e. The molecule has 0 rings (SSSR count). The molecule has 0 saturated carbocycles. The number of nitrogens with one attached hydrogen (secondary N) is 1. The number of Topliss-reactive ketones (excluding diaryl/α,β-unsaturated/α-hetero) is 1. The predicted molar refractivity (Wildman–Crippen MR) is 43.5 cm³/mol. The smallest absolute Gasteiger partial charge is 0.168 e. The molecule has 0 amide bonds. The molecule has 0 aromatic carbocycles. The molecule has 4 heteroatoms. The van der Waals surface area contributed by atoms with Gasteiger partial charge in [-0.3, -0.25) is 4.79 Å². The average molecular weight is 153 g/mol. The van der Waals surface area contributed by atoms with E-state index in [1.807, 2.05) is 0 Å². The standard InChI is InChI=1S/C7H12BNO2/c1-5(7(8)11)3-6(10)4-9-2/h5,9H,3-4H2,1-2H3. The molecule has 1 atom stereocenters. The third-order valence-corrected chi connectivity index (χ3v) is 1.39. The van der Waals surface area contributed by atoms with Gasteiger partial charge in [-0.05, 0) is 7.05 Å². The lowest BCUT2D eigenvalue weighted by Crippen LogP contribution is -2.23. The van der Waals surface area contributed by atoms with E-state index in [4.69, 9.17) is 7.85 Å². The van der Waals surface area contributed by atoms with Gasteiger partial charge in [0.1, 0.15) is 5.78 Å². The summed E-state index contributed by atoms with van der Waals surface area (Å²) in [5.41, 5.74) is -0.422. The summed E-state index contributed by atoms with van der Waals surface area (Å²) in [5.74, 6) is -0.338. The van der Waals surface area contributed by atoms with Crippen molar-refractivity contribution in [1.82, 2.24) is 5.32 Å². The summed E-state index contributed by atoms with van der Waals surface area (Å²) in [5, 5.41) is 2.71. The molecule has 3 nitrogen and oxygen atoms in total. The van der Waals surface area contributed by atoms with Gasteiger partial charge in [0.05, 0.1) is 12.2 Å². The van der Waals surface area contributed by atoms with E-state index in [9.17, 15) is 9.59 Å². The Hall–Kier alpha value is -0.635. The SMILES string of the molecule is [B]C(=O)C(C)CC(=O)CNC. The first-order chi connectivity index (χ1) is 5.07. The van der Waals surface area contributed by atoms with E-state index in [-0.39, 0.29) is 18.1 Å². The van der Waals surface area contributed by atoms with Crippen molar-refractivity contribution in [3.63, 3.8) is 0 Å². The van der Waals surface area contributed by atoms with Crippen LogP contribution in [-0.2, 0) is 9.59 Å². The summed E-state index contributed by atoms with van der Waals surface area (Å²) < 4.78 is 0. The molecule has 0 aromatic rings. The molecule has 0 aliphatic rings. The molecule has 0 saturated heterocycles. The Morgan fingerprint density at radius 1 is 1.55 bits per heavy atom. The van der Waals surface area contributed by atoms with Crippen LogP contribution in [0.15, 0.2) is 0 Å². The highest BCUT2D eigenvalue weighted by atomic mass is 16.1. The van der Waals surface area contributed by atoms with Gasteiger partial charge in [0, 0.05) is 12.3 Å². The Bertz CT molecular complexity index is 159. The highest BCUT2D eigenvalue weighted by Crippen LogP contribution is 2.01. The van der Waals surface area contributed by atoms with Crippen LogP contribution in [0.3, 0.4) is 0 Å². The third-order valence-electron chi connectivity index (χ3n) is 1.39. The Morgan fingerprint density at radius 2 is 2.09 bits per heavy atom. The number of carbonyl (C=O) groups excluding carboxylic acids is 2. The molecule has 1 N–H and O–H groups in total. The molecular weight excluding hydrogens is 141 g/mol. The number of hydrogen-bond acceptors (Lipinski definition) is 3. The largest absolute Gasteiger partial charge is 0.313 e. The molecule has 0 bridgehead atoms. The van der Waals surface area contributed by atoms with E-state index in [0.717, 1.165) is 0 Å². The van der Waals surface area contributed by atoms with Crippen LogP contribution in [0.25, 0.3) is 0 Å². The van der Waals surface area contributed by atoms with Gasteiger partial charge in [-0.25, -0.2) is 0 Å². The Labute approximate surface area is 68.0 Å². The van der Waals surface area contributed by atoms with Crippen molar-refractivity contribution in [2.24, 2.45) is 5.92 Å². The van der Waals surface area contributed by atoms with E-state index in [1.54, 1.807) is 14.0 Å². The molecule has 0 aromatic heterocycles. The van der Waals surface area contributed by atoms with Gasteiger partial charge in [0.2, 0.25) is 0 Å². The van der Waals surface area contributed by atoms with Crippen molar-refractivity contribution >= 4 is 19.3 Å². The van der Waals surface area contributed by atoms with E-state index in [1.165, 1.54) is 0 Å². The summed E-state index contributed by atoms with van der Waals surface area (Å²) in [4.78, 5) is 21.4. The van der Waals surface area contributed by atoms with Gasteiger partial charge in [0.25, 0.3) is 0 Å². The van der Waals surface area contributed by atoms with Crippen molar-refractivity contribution in [3.8, 4) is 0 Å². The Morgan fingerprint density at radius 3 is 2.45 bits per heavy atom. The first-order valence-corrected chi connectivity index (χ1v) is 3.53. The summed E-state index contributed by atoms with van der Waals surface area (Å²) in [6.07, 6.45) is 0.232. The second kappa shape index (κ2) is 5.07. The van der Waals surface area contributed by atoms with Crippen LogP contribution in [-0.4, -0.2) is 32.9 Å². The van der Waals surface area contributed by atoms with Gasteiger partial charge in [-0.2, -0.15) is 0 Å². The molecule has 0 fully saturated rings. The third kappa shape index (κ3) is 4.73. The first kappa shape index (κ1) is 10.4. The second-order valence-corrected chi connectivity index (χ2v) is 2.58. The maximum atomic E-state index is 10.9. The highest BCUT2D eigenvalue weighted by molar-refractivity contribution is 6.58. The van der Waals surface area contributed by atoms with E-state index < -0.39 is 5.68 Å². The number of rotatable bonds is 5. The molecule has 0 aliphatic carbocycles. The minimum atomic E-state index is -0.422. The van der Waals surface area contributed by atoms with Gasteiger partial charge in [0.15, 0.2) is 7.85 Å². The molecule has 0 aliphatic heterocycles. The number of carbonyl (C=O) groups is 2.